The fraction of sp³-hybridized carbons (Fsp3) is 0.467. The second-order valence-electron chi connectivity index (χ2n) is 11.1. The summed E-state index contributed by atoms with van der Waals surface area (Å²) in [5.74, 6) is 1.45. The van der Waals surface area contributed by atoms with E-state index in [1.807, 2.05) is 5.38 Å². The average molecular weight is 565 g/mol. The molecule has 0 aliphatic carbocycles. The van der Waals surface area contributed by atoms with E-state index in [1.165, 1.54) is 29.1 Å². The zero-order chi connectivity index (χ0) is 27.8. The Kier molecular flexibility index (Phi) is 7.65. The number of likely N-dealkylation sites (N-methyl/N-ethyl adjacent to an activating group) is 1. The molecule has 2 atom stereocenters. The quantitative estimate of drug-likeness (QED) is 0.516. The molecule has 2 saturated heterocycles. The molecule has 6 rings (SSSR count). The zero-order valence-electron chi connectivity index (χ0n) is 23.3. The fourth-order valence-electron chi connectivity index (χ4n) is 6.22. The molecule has 4 aliphatic heterocycles. The van der Waals surface area contributed by atoms with Crippen molar-refractivity contribution in [3.8, 4) is 11.3 Å². The van der Waals surface area contributed by atoms with Crippen LogP contribution in [0.5, 0.6) is 0 Å². The van der Waals surface area contributed by atoms with Crippen LogP contribution in [0.1, 0.15) is 26.2 Å². The van der Waals surface area contributed by atoms with Gasteiger partial charge in [-0.15, -0.1) is 11.3 Å². The Hall–Kier alpha value is -3.21. The first-order valence-electron chi connectivity index (χ1n) is 14.1. The number of fused-ring (bicyclic) bond motifs is 1. The smallest absolute Gasteiger partial charge is 0.407 e. The molecule has 212 valence electrons. The average Bonchev–Trinajstić information content (AvgIpc) is 3.62. The minimum atomic E-state index is -0.303. The second-order valence-corrected chi connectivity index (χ2v) is 11.9. The van der Waals surface area contributed by atoms with Crippen molar-refractivity contribution in [2.45, 2.75) is 38.5 Å². The lowest BCUT2D eigenvalue weighted by Gasteiger charge is -2.47. The predicted molar refractivity (Wildman–Crippen MR) is 156 cm³/mol. The van der Waals surface area contributed by atoms with E-state index in [0.717, 1.165) is 61.8 Å². The Morgan fingerprint density at radius 3 is 2.70 bits per heavy atom. The van der Waals surface area contributed by atoms with Crippen LogP contribution < -0.4 is 10.2 Å². The summed E-state index contributed by atoms with van der Waals surface area (Å²) >= 11 is 1.61. The highest BCUT2D eigenvalue weighted by Crippen LogP contribution is 2.38. The number of benzene rings is 1. The van der Waals surface area contributed by atoms with Gasteiger partial charge in [0, 0.05) is 37.3 Å². The summed E-state index contributed by atoms with van der Waals surface area (Å²) in [5.41, 5.74) is 4.52. The monoisotopic (exact) mass is 564 g/mol. The summed E-state index contributed by atoms with van der Waals surface area (Å²) in [7, 11) is 4.29. The maximum absolute atomic E-state index is 13.5. The molecule has 0 radical (unpaired) electrons. The molecular formula is C30H37FN6O2S. The third-order valence-corrected chi connectivity index (χ3v) is 9.34. The number of hydrogen-bond acceptors (Lipinski definition) is 8. The van der Waals surface area contributed by atoms with E-state index in [-0.39, 0.29) is 24.2 Å². The van der Waals surface area contributed by atoms with E-state index >= 15 is 0 Å². The summed E-state index contributed by atoms with van der Waals surface area (Å²) in [6.45, 7) is 6.52. The lowest BCUT2D eigenvalue weighted by Crippen LogP contribution is -2.52. The first-order chi connectivity index (χ1) is 19.4. The summed E-state index contributed by atoms with van der Waals surface area (Å²) in [6.07, 6.45) is 9.94. The number of carbonyl (C=O) groups excluding carboxylic acids is 1. The van der Waals surface area contributed by atoms with Crippen molar-refractivity contribution in [1.29, 1.82) is 0 Å². The number of allylic oxidation sites excluding steroid dienone is 2. The van der Waals surface area contributed by atoms with Crippen molar-refractivity contribution in [3.05, 3.63) is 70.8 Å². The number of amides is 1. The number of aromatic nitrogens is 1. The molecule has 0 saturated carbocycles. The lowest BCUT2D eigenvalue weighted by molar-refractivity contribution is 0.0941. The number of likely N-dealkylation sites (tertiary alicyclic amines) is 1. The summed E-state index contributed by atoms with van der Waals surface area (Å²) in [6, 6.07) is 6.52. The van der Waals surface area contributed by atoms with E-state index in [2.05, 4.69) is 64.3 Å². The van der Waals surface area contributed by atoms with Crippen LogP contribution in [0.4, 0.5) is 14.3 Å². The van der Waals surface area contributed by atoms with Crippen molar-refractivity contribution in [2.24, 2.45) is 5.92 Å². The first kappa shape index (κ1) is 27.0. The second kappa shape index (κ2) is 11.3. The van der Waals surface area contributed by atoms with Gasteiger partial charge >= 0.3 is 6.09 Å². The Morgan fingerprint density at radius 2 is 2.00 bits per heavy atom. The number of halogens is 1. The molecule has 2 fully saturated rings. The van der Waals surface area contributed by atoms with Crippen LogP contribution in [0, 0.1) is 11.7 Å². The van der Waals surface area contributed by atoms with Gasteiger partial charge in [-0.3, -0.25) is 9.80 Å². The minimum Gasteiger partial charge on any atom is -0.443 e. The third-order valence-electron chi connectivity index (χ3n) is 8.42. The maximum atomic E-state index is 13.5. The highest BCUT2D eigenvalue weighted by Gasteiger charge is 2.35. The molecule has 5 heterocycles. The SMILES string of the molecule is CCC1=C(N(C)c2nc(-c3ccc(F)cc3)cs2)N2C=C(C3CCN(C[C@H]4CNC(=O)O4)CC3)C=CC2N(C)C1. The number of alkyl carbamates (subject to hydrolysis) is 1. The number of thiazole rings is 1. The fourth-order valence-corrected chi connectivity index (χ4v) is 7.02. The highest BCUT2D eigenvalue weighted by atomic mass is 32.1. The highest BCUT2D eigenvalue weighted by molar-refractivity contribution is 7.14. The number of nitrogens with one attached hydrogen (secondary N) is 1. The van der Waals surface area contributed by atoms with E-state index in [9.17, 15) is 9.18 Å². The Labute approximate surface area is 239 Å². The van der Waals surface area contributed by atoms with Crippen LogP contribution >= 0.6 is 11.3 Å². The molecule has 1 unspecified atom stereocenters. The topological polar surface area (TPSA) is 64.2 Å². The van der Waals surface area contributed by atoms with Crippen LogP contribution in [-0.4, -0.2) is 84.9 Å². The molecule has 4 aliphatic rings. The molecule has 1 aromatic heterocycles. The molecule has 0 spiro atoms. The number of carbonyl (C=O) groups is 1. The number of cyclic esters (lactones) is 1. The Morgan fingerprint density at radius 1 is 1.23 bits per heavy atom. The molecule has 40 heavy (non-hydrogen) atoms. The third kappa shape index (κ3) is 5.40. The molecule has 8 nitrogen and oxygen atoms in total. The van der Waals surface area contributed by atoms with Crippen LogP contribution in [0.2, 0.25) is 0 Å². The van der Waals surface area contributed by atoms with Crippen molar-refractivity contribution < 1.29 is 13.9 Å². The van der Waals surface area contributed by atoms with Crippen LogP contribution in [0.15, 0.2) is 65.0 Å². The van der Waals surface area contributed by atoms with Gasteiger partial charge < -0.3 is 19.9 Å². The van der Waals surface area contributed by atoms with Gasteiger partial charge in [-0.2, -0.15) is 0 Å². The van der Waals surface area contributed by atoms with Gasteiger partial charge in [0.1, 0.15) is 23.9 Å². The van der Waals surface area contributed by atoms with E-state index in [1.54, 1.807) is 23.5 Å². The predicted octanol–water partition coefficient (Wildman–Crippen LogP) is 4.85. The number of hydrogen-bond donors (Lipinski definition) is 1. The number of piperidine rings is 1. The number of anilines is 1. The van der Waals surface area contributed by atoms with E-state index in [4.69, 9.17) is 9.72 Å². The number of rotatable bonds is 7. The summed E-state index contributed by atoms with van der Waals surface area (Å²) < 4.78 is 18.8. The molecule has 2 aromatic rings. The number of ether oxygens (including phenoxy) is 1. The molecule has 1 aromatic carbocycles. The van der Waals surface area contributed by atoms with Gasteiger partial charge in [-0.1, -0.05) is 13.0 Å². The van der Waals surface area contributed by atoms with Crippen molar-refractivity contribution in [2.75, 3.05) is 51.7 Å². The van der Waals surface area contributed by atoms with Gasteiger partial charge in [0.25, 0.3) is 0 Å². The van der Waals surface area contributed by atoms with Crippen molar-refractivity contribution >= 4 is 22.6 Å². The lowest BCUT2D eigenvalue weighted by atomic mass is 9.87. The van der Waals surface area contributed by atoms with Crippen LogP contribution in [0.25, 0.3) is 11.3 Å². The van der Waals surface area contributed by atoms with Gasteiger partial charge in [0.15, 0.2) is 5.13 Å². The maximum Gasteiger partial charge on any atom is 0.407 e. The standard InChI is InChI=1S/C30H37FN6O2S/c1-4-20-16-34(2)27-10-7-23(21-11-13-36(14-12-21)18-25-15-32-30(38)39-25)17-37(27)28(20)35(3)29-33-26(19-40-29)22-5-8-24(31)9-6-22/h5-10,17,19,21,25,27H,4,11-16,18H2,1-3H3,(H,32,38)/t25-,27?/m1/s1. The summed E-state index contributed by atoms with van der Waals surface area (Å²) in [5, 5.41) is 5.72. The van der Waals surface area contributed by atoms with Gasteiger partial charge in [-0.05, 0) is 86.8 Å². The van der Waals surface area contributed by atoms with Gasteiger partial charge in [0.05, 0.1) is 12.2 Å². The van der Waals surface area contributed by atoms with Crippen LogP contribution in [0.3, 0.4) is 0 Å². The normalized spacial score (nSPS) is 24.1. The number of nitrogens with zero attached hydrogens (tertiary/aromatic N) is 5. The minimum absolute atomic E-state index is 0.0485. The molecule has 0 bridgehead atoms. The van der Waals surface area contributed by atoms with Crippen molar-refractivity contribution in [3.63, 3.8) is 0 Å². The zero-order valence-corrected chi connectivity index (χ0v) is 24.2. The molecular weight excluding hydrogens is 527 g/mol. The van der Waals surface area contributed by atoms with E-state index in [0.29, 0.717) is 12.5 Å². The van der Waals surface area contributed by atoms with Gasteiger partial charge in [-0.25, -0.2) is 14.2 Å². The van der Waals surface area contributed by atoms with Crippen molar-refractivity contribution in [1.82, 2.24) is 25.0 Å². The van der Waals surface area contributed by atoms with E-state index < -0.39 is 0 Å². The Bertz CT molecular complexity index is 1330. The summed E-state index contributed by atoms with van der Waals surface area (Å²) in [4.78, 5) is 25.8. The molecule has 10 heteroatoms. The Balaban J connectivity index is 1.20. The van der Waals surface area contributed by atoms with Crippen LogP contribution in [-0.2, 0) is 4.74 Å². The first-order valence-corrected chi connectivity index (χ1v) is 15.0. The van der Waals surface area contributed by atoms with Gasteiger partial charge in [0.2, 0.25) is 0 Å². The largest absolute Gasteiger partial charge is 0.443 e. The molecule has 1 N–H and O–H groups in total. The molecule has 1 amide bonds.